The zero-order chi connectivity index (χ0) is 23.0. The first-order chi connectivity index (χ1) is 14.7. The molecule has 0 aliphatic carbocycles. The van der Waals surface area contributed by atoms with E-state index in [0.29, 0.717) is 26.2 Å². The molecular formula is C22H35N3O5S. The monoisotopic (exact) mass is 453 g/mol. The number of hydrogen-bond donors (Lipinski definition) is 3. The molecule has 1 atom stereocenters. The lowest BCUT2D eigenvalue weighted by Gasteiger charge is -2.44. The molecule has 1 aromatic heterocycles. The van der Waals surface area contributed by atoms with Crippen LogP contribution >= 0.6 is 11.3 Å². The lowest BCUT2D eigenvalue weighted by molar-refractivity contribution is -0.141. The van der Waals surface area contributed by atoms with Crippen LogP contribution in [0.5, 0.6) is 0 Å². The van der Waals surface area contributed by atoms with E-state index in [1.165, 1.54) is 10.4 Å². The van der Waals surface area contributed by atoms with Crippen molar-refractivity contribution in [3.8, 4) is 0 Å². The molecule has 0 unspecified atom stereocenters. The van der Waals surface area contributed by atoms with E-state index >= 15 is 0 Å². The number of ether oxygens (including phenoxy) is 1. The maximum atomic E-state index is 12.5. The Kier molecular flexibility index (Phi) is 9.46. The van der Waals surface area contributed by atoms with Gasteiger partial charge < -0.3 is 25.8 Å². The summed E-state index contributed by atoms with van der Waals surface area (Å²) < 4.78 is 6.25. The summed E-state index contributed by atoms with van der Waals surface area (Å²) in [6.07, 6.45) is 4.94. The number of piperidine rings is 1. The van der Waals surface area contributed by atoms with Gasteiger partial charge in [0.25, 0.3) is 11.9 Å². The van der Waals surface area contributed by atoms with E-state index < -0.39 is 12.0 Å². The van der Waals surface area contributed by atoms with E-state index in [-0.39, 0.29) is 17.4 Å². The molecular weight excluding hydrogens is 418 g/mol. The Bertz CT molecular complexity index is 767. The molecule has 2 aliphatic heterocycles. The molecule has 31 heavy (non-hydrogen) atoms. The quantitative estimate of drug-likeness (QED) is 0.608. The number of rotatable bonds is 6. The van der Waals surface area contributed by atoms with Crippen LogP contribution in [0, 0.1) is 0 Å². The summed E-state index contributed by atoms with van der Waals surface area (Å²) in [6, 6.07) is 1.63. The number of amides is 2. The highest BCUT2D eigenvalue weighted by Gasteiger charge is 2.43. The number of carboxylic acids is 1. The van der Waals surface area contributed by atoms with E-state index in [1.807, 2.05) is 24.8 Å². The zero-order valence-electron chi connectivity index (χ0n) is 18.7. The Morgan fingerprint density at radius 2 is 1.94 bits per heavy atom. The number of hydrogen-bond acceptors (Lipinski definition) is 6. The molecule has 1 aromatic rings. The standard InChI is InChI=1S/C20H31N3O3S.C2H4O2/c1-3-5-15(21)19(25)23-10-7-20(8-11-23)17-14(6-12-26-20)13-16(27-17)18(24)22-9-4-2;1-2(3)4/h13,15H,3-12,21H2,1-2H3,(H,22,24);1H3,(H,3,4)/t15-;/m0./s1. The number of likely N-dealkylation sites (tertiary alicyclic amines) is 1. The zero-order valence-corrected chi connectivity index (χ0v) is 19.6. The fraction of sp³-hybridized carbons (Fsp3) is 0.682. The molecule has 8 nitrogen and oxygen atoms in total. The molecule has 1 saturated heterocycles. The lowest BCUT2D eigenvalue weighted by atomic mass is 9.85. The highest BCUT2D eigenvalue weighted by atomic mass is 32.1. The predicted octanol–water partition coefficient (Wildman–Crippen LogP) is 2.50. The van der Waals surface area contributed by atoms with Crippen LogP contribution in [-0.4, -0.2) is 60.1 Å². The number of nitrogens with one attached hydrogen (secondary N) is 1. The minimum Gasteiger partial charge on any atom is -0.481 e. The number of carbonyl (C=O) groups excluding carboxylic acids is 2. The fourth-order valence-corrected chi connectivity index (χ4v) is 5.32. The Balaban J connectivity index is 0.000000785. The lowest BCUT2D eigenvalue weighted by Crippen LogP contribution is -2.51. The summed E-state index contributed by atoms with van der Waals surface area (Å²) in [7, 11) is 0. The normalized spacial score (nSPS) is 17.9. The smallest absolute Gasteiger partial charge is 0.300 e. The molecule has 174 valence electrons. The molecule has 2 amide bonds. The first-order valence-electron chi connectivity index (χ1n) is 11.0. The Labute approximate surface area is 188 Å². The maximum Gasteiger partial charge on any atom is 0.300 e. The van der Waals surface area contributed by atoms with Crippen molar-refractivity contribution in [1.29, 1.82) is 0 Å². The largest absolute Gasteiger partial charge is 0.481 e. The van der Waals surface area contributed by atoms with Crippen molar-refractivity contribution in [2.75, 3.05) is 26.2 Å². The number of aliphatic carboxylic acids is 1. The molecule has 1 fully saturated rings. The van der Waals surface area contributed by atoms with Crippen LogP contribution in [0.25, 0.3) is 0 Å². The van der Waals surface area contributed by atoms with Crippen LogP contribution < -0.4 is 11.1 Å². The maximum absolute atomic E-state index is 12.5. The molecule has 0 bridgehead atoms. The van der Waals surface area contributed by atoms with Gasteiger partial charge in [0.2, 0.25) is 5.91 Å². The summed E-state index contributed by atoms with van der Waals surface area (Å²) in [5.74, 6) is -0.780. The molecule has 0 saturated carbocycles. The first kappa shape index (κ1) is 25.3. The van der Waals surface area contributed by atoms with E-state index in [1.54, 1.807) is 11.3 Å². The average Bonchev–Trinajstić information content (AvgIpc) is 3.18. The number of nitrogens with two attached hydrogens (primary N) is 1. The summed E-state index contributed by atoms with van der Waals surface area (Å²) in [4.78, 5) is 37.7. The molecule has 3 heterocycles. The third kappa shape index (κ3) is 6.51. The van der Waals surface area contributed by atoms with Crippen molar-refractivity contribution in [2.24, 2.45) is 5.73 Å². The van der Waals surface area contributed by atoms with Gasteiger partial charge in [0.05, 0.1) is 17.5 Å². The number of carbonyl (C=O) groups is 3. The topological polar surface area (TPSA) is 122 Å². The second-order valence-corrected chi connectivity index (χ2v) is 9.11. The first-order valence-corrected chi connectivity index (χ1v) is 11.8. The number of fused-ring (bicyclic) bond motifs is 2. The van der Waals surface area contributed by atoms with Gasteiger partial charge in [0, 0.05) is 31.4 Å². The molecule has 2 aliphatic rings. The van der Waals surface area contributed by atoms with Crippen molar-refractivity contribution < 1.29 is 24.2 Å². The molecule has 9 heteroatoms. The highest BCUT2D eigenvalue weighted by Crippen LogP contribution is 2.45. The van der Waals surface area contributed by atoms with Crippen molar-refractivity contribution in [1.82, 2.24) is 10.2 Å². The Morgan fingerprint density at radius 3 is 2.52 bits per heavy atom. The van der Waals surface area contributed by atoms with Gasteiger partial charge in [-0.15, -0.1) is 11.3 Å². The van der Waals surface area contributed by atoms with E-state index in [0.717, 1.165) is 50.3 Å². The summed E-state index contributed by atoms with van der Waals surface area (Å²) in [6.45, 7) is 7.85. The van der Waals surface area contributed by atoms with Crippen molar-refractivity contribution >= 4 is 29.1 Å². The SMILES string of the molecule is CC(=O)O.CCCNC(=O)c1cc2c(s1)C1(CCN(C(=O)[C@@H](N)CCC)CC1)OCC2. The summed E-state index contributed by atoms with van der Waals surface area (Å²) in [5, 5.41) is 10.4. The Hall–Kier alpha value is -1.97. The summed E-state index contributed by atoms with van der Waals surface area (Å²) in [5.41, 5.74) is 6.89. The van der Waals surface area contributed by atoms with Gasteiger partial charge in [0.1, 0.15) is 5.60 Å². The Morgan fingerprint density at radius 1 is 1.29 bits per heavy atom. The molecule has 0 aromatic carbocycles. The minimum absolute atomic E-state index is 0.00422. The van der Waals surface area contributed by atoms with E-state index in [2.05, 4.69) is 5.32 Å². The number of thiophene rings is 1. The van der Waals surface area contributed by atoms with Crippen LogP contribution in [0.15, 0.2) is 6.07 Å². The van der Waals surface area contributed by atoms with E-state index in [9.17, 15) is 9.59 Å². The molecule has 1 spiro atoms. The average molecular weight is 454 g/mol. The fourth-order valence-electron chi connectivity index (χ4n) is 3.99. The summed E-state index contributed by atoms with van der Waals surface area (Å²) >= 11 is 1.56. The van der Waals surface area contributed by atoms with Crippen LogP contribution in [0.1, 0.15) is 73.0 Å². The predicted molar refractivity (Wildman–Crippen MR) is 120 cm³/mol. The van der Waals surface area contributed by atoms with Crippen LogP contribution in [-0.2, 0) is 26.3 Å². The molecule has 3 rings (SSSR count). The van der Waals surface area contributed by atoms with Crippen LogP contribution in [0.3, 0.4) is 0 Å². The number of nitrogens with zero attached hydrogens (tertiary/aromatic N) is 1. The van der Waals surface area contributed by atoms with Crippen molar-refractivity contribution in [2.45, 2.75) is 70.9 Å². The molecule has 0 radical (unpaired) electrons. The third-order valence-electron chi connectivity index (χ3n) is 5.53. The van der Waals surface area contributed by atoms with Crippen LogP contribution in [0.2, 0.25) is 0 Å². The highest BCUT2D eigenvalue weighted by molar-refractivity contribution is 7.14. The van der Waals surface area contributed by atoms with Gasteiger partial charge >= 0.3 is 0 Å². The van der Waals surface area contributed by atoms with Gasteiger partial charge in [-0.05, 0) is 43.7 Å². The minimum atomic E-state index is -0.833. The van der Waals surface area contributed by atoms with Crippen molar-refractivity contribution in [3.05, 3.63) is 21.4 Å². The van der Waals surface area contributed by atoms with Crippen molar-refractivity contribution in [3.63, 3.8) is 0 Å². The van der Waals surface area contributed by atoms with Gasteiger partial charge in [0.15, 0.2) is 0 Å². The second kappa shape index (κ2) is 11.6. The third-order valence-corrected chi connectivity index (χ3v) is 6.89. The van der Waals surface area contributed by atoms with E-state index in [4.69, 9.17) is 20.4 Å². The van der Waals surface area contributed by atoms with Gasteiger partial charge in [-0.1, -0.05) is 20.3 Å². The van der Waals surface area contributed by atoms with Gasteiger partial charge in [-0.2, -0.15) is 0 Å². The second-order valence-electron chi connectivity index (χ2n) is 8.05. The number of carboxylic acid groups (broad SMARTS) is 1. The van der Waals surface area contributed by atoms with Crippen LogP contribution in [0.4, 0.5) is 0 Å². The van der Waals surface area contributed by atoms with Gasteiger partial charge in [-0.3, -0.25) is 14.4 Å². The molecule has 4 N–H and O–H groups in total. The van der Waals surface area contributed by atoms with Gasteiger partial charge in [-0.25, -0.2) is 0 Å².